The van der Waals surface area contributed by atoms with Gasteiger partial charge in [-0.1, -0.05) is 12.1 Å². The van der Waals surface area contributed by atoms with Crippen molar-refractivity contribution >= 4 is 0 Å². The van der Waals surface area contributed by atoms with Crippen molar-refractivity contribution in [3.63, 3.8) is 0 Å². The Balaban J connectivity index is 1.75. The first-order valence-corrected chi connectivity index (χ1v) is 6.63. The normalized spacial score (nSPS) is 10.4. The van der Waals surface area contributed by atoms with Gasteiger partial charge in [-0.05, 0) is 36.9 Å². The van der Waals surface area contributed by atoms with E-state index in [9.17, 15) is 8.78 Å². The molecular formula is C16H17F2NO2. The summed E-state index contributed by atoms with van der Waals surface area (Å²) in [6.45, 7) is 1.38. The number of hydrogen-bond acceptors (Lipinski definition) is 3. The molecule has 0 heterocycles. The van der Waals surface area contributed by atoms with Crippen LogP contribution in [0.25, 0.3) is 0 Å². The largest absolute Gasteiger partial charge is 0.490 e. The van der Waals surface area contributed by atoms with E-state index in [0.29, 0.717) is 6.61 Å². The van der Waals surface area contributed by atoms with Crippen molar-refractivity contribution in [2.75, 3.05) is 20.3 Å². The summed E-state index contributed by atoms with van der Waals surface area (Å²) in [4.78, 5) is 0. The molecule has 2 rings (SSSR count). The van der Waals surface area contributed by atoms with E-state index in [1.165, 1.54) is 11.6 Å². The smallest absolute Gasteiger partial charge is 0.162 e. The fraction of sp³-hybridized carbons (Fsp3) is 0.250. The van der Waals surface area contributed by atoms with Gasteiger partial charge in [0.05, 0.1) is 0 Å². The molecule has 0 saturated carbocycles. The second-order valence-corrected chi connectivity index (χ2v) is 4.45. The number of halogens is 2. The van der Waals surface area contributed by atoms with Crippen LogP contribution in [-0.2, 0) is 6.54 Å². The lowest BCUT2D eigenvalue weighted by molar-refractivity contribution is 0.216. The van der Waals surface area contributed by atoms with Crippen molar-refractivity contribution < 1.29 is 18.3 Å². The number of benzene rings is 2. The van der Waals surface area contributed by atoms with Crippen LogP contribution in [0.15, 0.2) is 42.5 Å². The van der Waals surface area contributed by atoms with E-state index in [1.54, 1.807) is 0 Å². The van der Waals surface area contributed by atoms with Gasteiger partial charge < -0.3 is 14.8 Å². The van der Waals surface area contributed by atoms with E-state index < -0.39 is 11.6 Å². The Morgan fingerprint density at radius 1 is 0.857 bits per heavy atom. The van der Waals surface area contributed by atoms with E-state index in [0.717, 1.165) is 24.4 Å². The minimum absolute atomic E-state index is 0.253. The van der Waals surface area contributed by atoms with Gasteiger partial charge in [0, 0.05) is 12.6 Å². The summed E-state index contributed by atoms with van der Waals surface area (Å²) >= 11 is 0. The molecule has 3 nitrogen and oxygen atoms in total. The highest BCUT2D eigenvalue weighted by Crippen LogP contribution is 2.16. The van der Waals surface area contributed by atoms with Crippen LogP contribution in [0.5, 0.6) is 11.5 Å². The molecule has 0 atom stereocenters. The van der Waals surface area contributed by atoms with E-state index >= 15 is 0 Å². The molecule has 0 radical (unpaired) electrons. The Hall–Kier alpha value is -2.14. The zero-order chi connectivity index (χ0) is 15.1. The molecule has 0 unspecified atom stereocenters. The zero-order valence-electron chi connectivity index (χ0n) is 11.7. The van der Waals surface area contributed by atoms with Crippen LogP contribution in [0.2, 0.25) is 0 Å². The molecule has 0 bridgehead atoms. The van der Waals surface area contributed by atoms with Crippen molar-refractivity contribution in [2.24, 2.45) is 0 Å². The summed E-state index contributed by atoms with van der Waals surface area (Å²) in [6.07, 6.45) is 0. The predicted molar refractivity (Wildman–Crippen MR) is 76.6 cm³/mol. The Bertz CT molecular complexity index is 573. The first-order valence-electron chi connectivity index (χ1n) is 6.63. The summed E-state index contributed by atoms with van der Waals surface area (Å²) in [5.41, 5.74) is 1.17. The van der Waals surface area contributed by atoms with Crippen LogP contribution < -0.4 is 14.8 Å². The van der Waals surface area contributed by atoms with E-state index in [2.05, 4.69) is 5.32 Å². The maximum Gasteiger partial charge on any atom is 0.162 e. The van der Waals surface area contributed by atoms with Gasteiger partial charge in [-0.15, -0.1) is 0 Å². The van der Waals surface area contributed by atoms with Crippen molar-refractivity contribution in [3.05, 3.63) is 59.7 Å². The van der Waals surface area contributed by atoms with Gasteiger partial charge in [0.25, 0.3) is 0 Å². The third kappa shape index (κ3) is 4.72. The van der Waals surface area contributed by atoms with Crippen LogP contribution in [0.4, 0.5) is 8.78 Å². The quantitative estimate of drug-likeness (QED) is 0.796. The first kappa shape index (κ1) is 15.3. The van der Waals surface area contributed by atoms with Crippen molar-refractivity contribution in [1.29, 1.82) is 0 Å². The fourth-order valence-electron chi connectivity index (χ4n) is 1.79. The Morgan fingerprint density at radius 3 is 2.10 bits per heavy atom. The van der Waals surface area contributed by atoms with Gasteiger partial charge in [0.1, 0.15) is 24.7 Å². The highest BCUT2D eigenvalue weighted by Gasteiger charge is 2.03. The maximum absolute atomic E-state index is 13.0. The van der Waals surface area contributed by atoms with Crippen molar-refractivity contribution in [1.82, 2.24) is 5.32 Å². The van der Waals surface area contributed by atoms with Gasteiger partial charge in [0.15, 0.2) is 11.6 Å². The highest BCUT2D eigenvalue weighted by atomic mass is 19.2. The number of ether oxygens (including phenoxy) is 2. The monoisotopic (exact) mass is 293 g/mol. The molecule has 5 heteroatoms. The Labute approximate surface area is 122 Å². The van der Waals surface area contributed by atoms with Gasteiger partial charge in [0.2, 0.25) is 0 Å². The summed E-state index contributed by atoms with van der Waals surface area (Å²) in [7, 11) is 1.89. The third-order valence-corrected chi connectivity index (χ3v) is 2.82. The Morgan fingerprint density at radius 2 is 1.48 bits per heavy atom. The standard InChI is InChI=1S/C16H17F2NO2/c1-19-11-12-2-4-13(5-3-12)20-8-9-21-14-6-7-15(17)16(18)10-14/h2-7,10,19H,8-9,11H2,1H3. The average Bonchev–Trinajstić information content (AvgIpc) is 2.49. The molecule has 0 aliphatic rings. The third-order valence-electron chi connectivity index (χ3n) is 2.82. The predicted octanol–water partition coefficient (Wildman–Crippen LogP) is 3.14. The maximum atomic E-state index is 13.0. The lowest BCUT2D eigenvalue weighted by Gasteiger charge is -2.09. The molecule has 2 aromatic carbocycles. The SMILES string of the molecule is CNCc1ccc(OCCOc2ccc(F)c(F)c2)cc1. The number of rotatable bonds is 7. The van der Waals surface area contributed by atoms with Crippen LogP contribution in [0, 0.1) is 11.6 Å². The van der Waals surface area contributed by atoms with Gasteiger partial charge in [-0.25, -0.2) is 8.78 Å². The van der Waals surface area contributed by atoms with Gasteiger partial charge in [-0.3, -0.25) is 0 Å². The molecule has 0 spiro atoms. The fourth-order valence-corrected chi connectivity index (χ4v) is 1.79. The van der Waals surface area contributed by atoms with Crippen molar-refractivity contribution in [2.45, 2.75) is 6.54 Å². The lowest BCUT2D eigenvalue weighted by atomic mass is 10.2. The second kappa shape index (κ2) is 7.59. The first-order chi connectivity index (χ1) is 10.2. The molecule has 0 fully saturated rings. The van der Waals surface area contributed by atoms with E-state index in [-0.39, 0.29) is 12.4 Å². The average molecular weight is 293 g/mol. The second-order valence-electron chi connectivity index (χ2n) is 4.45. The van der Waals surface area contributed by atoms with E-state index in [4.69, 9.17) is 9.47 Å². The lowest BCUT2D eigenvalue weighted by Crippen LogP contribution is -2.09. The molecule has 112 valence electrons. The summed E-state index contributed by atoms with van der Waals surface area (Å²) < 4.78 is 36.5. The van der Waals surface area contributed by atoms with E-state index in [1.807, 2.05) is 31.3 Å². The zero-order valence-corrected chi connectivity index (χ0v) is 11.7. The van der Waals surface area contributed by atoms with Gasteiger partial charge >= 0.3 is 0 Å². The minimum atomic E-state index is -0.923. The van der Waals surface area contributed by atoms with Crippen molar-refractivity contribution in [3.8, 4) is 11.5 Å². The molecule has 0 aliphatic carbocycles. The molecule has 1 N–H and O–H groups in total. The molecule has 0 amide bonds. The van der Waals surface area contributed by atoms with Gasteiger partial charge in [-0.2, -0.15) is 0 Å². The highest BCUT2D eigenvalue weighted by molar-refractivity contribution is 5.27. The molecule has 0 saturated heterocycles. The molecule has 21 heavy (non-hydrogen) atoms. The number of nitrogens with one attached hydrogen (secondary N) is 1. The molecule has 2 aromatic rings. The van der Waals surface area contributed by atoms with Crippen LogP contribution >= 0.6 is 0 Å². The number of hydrogen-bond donors (Lipinski definition) is 1. The molecular weight excluding hydrogens is 276 g/mol. The summed E-state index contributed by atoms with van der Waals surface area (Å²) in [5.74, 6) is -0.792. The van der Waals surface area contributed by atoms with Crippen LogP contribution in [0.3, 0.4) is 0 Å². The minimum Gasteiger partial charge on any atom is -0.490 e. The molecule has 0 aliphatic heterocycles. The molecule has 0 aromatic heterocycles. The topological polar surface area (TPSA) is 30.5 Å². The summed E-state index contributed by atoms with van der Waals surface area (Å²) in [6, 6.07) is 11.1. The Kier molecular flexibility index (Phi) is 5.51. The van der Waals surface area contributed by atoms with Crippen LogP contribution in [-0.4, -0.2) is 20.3 Å². The van der Waals surface area contributed by atoms with Crippen LogP contribution in [0.1, 0.15) is 5.56 Å². The summed E-state index contributed by atoms with van der Waals surface area (Å²) in [5, 5.41) is 3.06.